The average Bonchev–Trinajstić information content (AvgIpc) is 2.41. The van der Waals surface area contributed by atoms with Crippen LogP contribution >= 0.6 is 0 Å². The van der Waals surface area contributed by atoms with Crippen LogP contribution in [0.5, 0.6) is 0 Å². The molecule has 0 heterocycles. The van der Waals surface area contributed by atoms with Crippen molar-refractivity contribution in [2.75, 3.05) is 31.7 Å². The standard InChI is InChI=1S/C14H20N2O4/c1-11-5-3-4-6-12(11)16(9-7-13(17)18)14(19)15-8-10-20-2/h3-6H,7-10H2,1-2H3,(H,15,19)(H,17,18). The van der Waals surface area contributed by atoms with E-state index in [4.69, 9.17) is 9.84 Å². The fourth-order valence-corrected chi connectivity index (χ4v) is 1.76. The first kappa shape index (κ1) is 16.0. The number of carbonyl (C=O) groups is 2. The number of benzene rings is 1. The minimum absolute atomic E-state index is 0.105. The van der Waals surface area contributed by atoms with Crippen molar-refractivity contribution < 1.29 is 19.4 Å². The molecule has 0 bridgehead atoms. The van der Waals surface area contributed by atoms with E-state index in [-0.39, 0.29) is 19.0 Å². The van der Waals surface area contributed by atoms with E-state index < -0.39 is 5.97 Å². The molecule has 0 fully saturated rings. The zero-order valence-corrected chi connectivity index (χ0v) is 11.8. The lowest BCUT2D eigenvalue weighted by molar-refractivity contribution is -0.136. The first-order chi connectivity index (χ1) is 9.56. The number of ether oxygens (including phenoxy) is 1. The maximum atomic E-state index is 12.1. The molecular weight excluding hydrogens is 260 g/mol. The smallest absolute Gasteiger partial charge is 0.321 e. The van der Waals surface area contributed by atoms with Crippen LogP contribution in [0.4, 0.5) is 10.5 Å². The summed E-state index contributed by atoms with van der Waals surface area (Å²) in [7, 11) is 1.55. The zero-order chi connectivity index (χ0) is 15.0. The topological polar surface area (TPSA) is 78.9 Å². The Hall–Kier alpha value is -2.08. The van der Waals surface area contributed by atoms with Gasteiger partial charge in [-0.15, -0.1) is 0 Å². The molecule has 1 aromatic rings. The average molecular weight is 280 g/mol. The summed E-state index contributed by atoms with van der Waals surface area (Å²) in [4.78, 5) is 24.3. The van der Waals surface area contributed by atoms with Crippen molar-refractivity contribution in [2.45, 2.75) is 13.3 Å². The number of aliphatic carboxylic acids is 1. The van der Waals surface area contributed by atoms with Crippen molar-refractivity contribution in [3.8, 4) is 0 Å². The zero-order valence-electron chi connectivity index (χ0n) is 11.8. The molecule has 0 atom stereocenters. The number of amides is 2. The molecule has 2 amide bonds. The SMILES string of the molecule is COCCNC(=O)N(CCC(=O)O)c1ccccc1C. The highest BCUT2D eigenvalue weighted by molar-refractivity contribution is 5.93. The van der Waals surface area contributed by atoms with Crippen LogP contribution in [0.1, 0.15) is 12.0 Å². The Balaban J connectivity index is 2.82. The molecule has 20 heavy (non-hydrogen) atoms. The predicted octanol–water partition coefficient (Wildman–Crippen LogP) is 1.63. The molecule has 0 aliphatic heterocycles. The first-order valence-corrected chi connectivity index (χ1v) is 6.38. The van der Waals surface area contributed by atoms with Crippen molar-refractivity contribution in [3.63, 3.8) is 0 Å². The summed E-state index contributed by atoms with van der Waals surface area (Å²) >= 11 is 0. The number of nitrogens with one attached hydrogen (secondary N) is 1. The lowest BCUT2D eigenvalue weighted by atomic mass is 10.2. The molecule has 1 rings (SSSR count). The first-order valence-electron chi connectivity index (χ1n) is 6.38. The number of anilines is 1. The number of aryl methyl sites for hydroxylation is 1. The molecule has 6 nitrogen and oxygen atoms in total. The van der Waals surface area contributed by atoms with Crippen LogP contribution in [0.25, 0.3) is 0 Å². The van der Waals surface area contributed by atoms with E-state index in [1.165, 1.54) is 4.90 Å². The van der Waals surface area contributed by atoms with Crippen molar-refractivity contribution >= 4 is 17.7 Å². The van der Waals surface area contributed by atoms with Gasteiger partial charge in [-0.1, -0.05) is 18.2 Å². The molecule has 0 saturated heterocycles. The lowest BCUT2D eigenvalue weighted by Gasteiger charge is -2.24. The number of carboxylic acids is 1. The summed E-state index contributed by atoms with van der Waals surface area (Å²) in [6, 6.07) is 7.05. The predicted molar refractivity (Wildman–Crippen MR) is 76.1 cm³/mol. The lowest BCUT2D eigenvalue weighted by Crippen LogP contribution is -2.42. The van der Waals surface area contributed by atoms with E-state index >= 15 is 0 Å². The molecule has 1 aromatic carbocycles. The van der Waals surface area contributed by atoms with E-state index in [0.29, 0.717) is 18.8 Å². The fourth-order valence-electron chi connectivity index (χ4n) is 1.76. The second-order valence-corrected chi connectivity index (χ2v) is 4.31. The Morgan fingerprint density at radius 1 is 1.35 bits per heavy atom. The maximum absolute atomic E-state index is 12.1. The minimum atomic E-state index is -0.937. The molecule has 0 aromatic heterocycles. The highest BCUT2D eigenvalue weighted by Crippen LogP contribution is 2.19. The number of para-hydroxylation sites is 1. The molecule has 0 aliphatic rings. The molecule has 6 heteroatoms. The summed E-state index contributed by atoms with van der Waals surface area (Å²) in [6.45, 7) is 2.79. The molecule has 2 N–H and O–H groups in total. The van der Waals surface area contributed by atoms with Crippen molar-refractivity contribution in [1.82, 2.24) is 5.32 Å². The Bertz CT molecular complexity index is 462. The molecule has 0 saturated carbocycles. The summed E-state index contributed by atoms with van der Waals surface area (Å²) in [5.74, 6) is -0.937. The van der Waals surface area contributed by atoms with Gasteiger partial charge in [0.2, 0.25) is 0 Å². The minimum Gasteiger partial charge on any atom is -0.481 e. The maximum Gasteiger partial charge on any atom is 0.321 e. The second-order valence-electron chi connectivity index (χ2n) is 4.31. The highest BCUT2D eigenvalue weighted by Gasteiger charge is 2.17. The Kier molecular flexibility index (Phi) is 6.52. The molecule has 0 unspecified atom stereocenters. The Morgan fingerprint density at radius 2 is 2.05 bits per heavy atom. The van der Waals surface area contributed by atoms with E-state index in [1.807, 2.05) is 25.1 Å². The monoisotopic (exact) mass is 280 g/mol. The number of methoxy groups -OCH3 is 1. The normalized spacial score (nSPS) is 10.1. The summed E-state index contributed by atoms with van der Waals surface area (Å²) in [5.41, 5.74) is 1.63. The van der Waals surface area contributed by atoms with Gasteiger partial charge in [-0.25, -0.2) is 4.79 Å². The number of hydrogen-bond donors (Lipinski definition) is 2. The third-order valence-corrected chi connectivity index (χ3v) is 2.78. The summed E-state index contributed by atoms with van der Waals surface area (Å²) in [5, 5.41) is 11.5. The van der Waals surface area contributed by atoms with E-state index in [9.17, 15) is 9.59 Å². The van der Waals surface area contributed by atoms with Crippen molar-refractivity contribution in [1.29, 1.82) is 0 Å². The van der Waals surface area contributed by atoms with Gasteiger partial charge >= 0.3 is 12.0 Å². The van der Waals surface area contributed by atoms with Gasteiger partial charge in [0.15, 0.2) is 0 Å². The third-order valence-electron chi connectivity index (χ3n) is 2.78. The molecule has 0 spiro atoms. The molecular formula is C14H20N2O4. The van der Waals surface area contributed by atoms with Gasteiger partial charge in [0.05, 0.1) is 13.0 Å². The highest BCUT2D eigenvalue weighted by atomic mass is 16.5. The van der Waals surface area contributed by atoms with Gasteiger partial charge in [-0.3, -0.25) is 9.69 Å². The summed E-state index contributed by atoms with van der Waals surface area (Å²) < 4.78 is 4.87. The summed E-state index contributed by atoms with van der Waals surface area (Å²) in [6.07, 6.45) is -0.105. The van der Waals surface area contributed by atoms with E-state index in [1.54, 1.807) is 13.2 Å². The van der Waals surface area contributed by atoms with Crippen LogP contribution in [-0.4, -0.2) is 43.9 Å². The van der Waals surface area contributed by atoms with Crippen molar-refractivity contribution in [2.24, 2.45) is 0 Å². The van der Waals surface area contributed by atoms with Crippen LogP contribution in [0, 0.1) is 6.92 Å². The molecule has 110 valence electrons. The number of hydrogen-bond acceptors (Lipinski definition) is 3. The number of nitrogens with zero attached hydrogens (tertiary/aromatic N) is 1. The van der Waals surface area contributed by atoms with Gasteiger partial charge in [0.1, 0.15) is 0 Å². The van der Waals surface area contributed by atoms with Gasteiger partial charge < -0.3 is 15.2 Å². The molecule has 0 aliphatic carbocycles. The Morgan fingerprint density at radius 3 is 2.65 bits per heavy atom. The van der Waals surface area contributed by atoms with Gasteiger partial charge in [-0.05, 0) is 18.6 Å². The quantitative estimate of drug-likeness (QED) is 0.744. The number of urea groups is 1. The van der Waals surface area contributed by atoms with Gasteiger partial charge in [0, 0.05) is 25.9 Å². The van der Waals surface area contributed by atoms with Gasteiger partial charge in [0.25, 0.3) is 0 Å². The number of rotatable bonds is 7. The van der Waals surface area contributed by atoms with E-state index in [2.05, 4.69) is 5.32 Å². The van der Waals surface area contributed by atoms with Crippen LogP contribution in [-0.2, 0) is 9.53 Å². The second kappa shape index (κ2) is 8.16. The number of carbonyl (C=O) groups excluding carboxylic acids is 1. The number of carboxylic acid groups (broad SMARTS) is 1. The van der Waals surface area contributed by atoms with Crippen LogP contribution in [0.2, 0.25) is 0 Å². The van der Waals surface area contributed by atoms with Gasteiger partial charge in [-0.2, -0.15) is 0 Å². The van der Waals surface area contributed by atoms with Crippen molar-refractivity contribution in [3.05, 3.63) is 29.8 Å². The van der Waals surface area contributed by atoms with Crippen LogP contribution in [0.3, 0.4) is 0 Å². The largest absolute Gasteiger partial charge is 0.481 e. The Labute approximate surface area is 118 Å². The van der Waals surface area contributed by atoms with Crippen LogP contribution in [0.15, 0.2) is 24.3 Å². The third kappa shape index (κ3) is 4.89. The molecule has 0 radical (unpaired) electrons. The van der Waals surface area contributed by atoms with E-state index in [0.717, 1.165) is 5.56 Å². The van der Waals surface area contributed by atoms with Crippen LogP contribution < -0.4 is 10.2 Å². The fraction of sp³-hybridized carbons (Fsp3) is 0.429.